The fraction of sp³-hybridized carbons (Fsp3) is 0.571. The Kier molecular flexibility index (Phi) is 3.28. The Balaban J connectivity index is 1.66. The molecule has 0 amide bonds. The van der Waals surface area contributed by atoms with E-state index in [1.807, 2.05) is 18.2 Å². The van der Waals surface area contributed by atoms with Crippen molar-refractivity contribution in [1.29, 1.82) is 0 Å². The van der Waals surface area contributed by atoms with Gasteiger partial charge < -0.3 is 19.9 Å². The fourth-order valence-corrected chi connectivity index (χ4v) is 2.59. The van der Waals surface area contributed by atoms with Gasteiger partial charge in [0.05, 0.1) is 6.10 Å². The van der Waals surface area contributed by atoms with E-state index in [9.17, 15) is 5.11 Å². The zero-order valence-corrected chi connectivity index (χ0v) is 10.4. The molecule has 2 aliphatic rings. The summed E-state index contributed by atoms with van der Waals surface area (Å²) in [6, 6.07) is 6.43. The Morgan fingerprint density at radius 1 is 1.00 bits per heavy atom. The molecule has 0 aromatic heterocycles. The third-order valence-corrected chi connectivity index (χ3v) is 3.61. The standard InChI is InChI=1S/C14H19NO3/c16-12-4-1-10(2-5-12)15-11-3-6-13-14(9-11)18-8-7-17-13/h3,6,9-10,12,15-16H,1-2,4-5,7-8H2. The number of rotatable bonds is 2. The van der Waals surface area contributed by atoms with Crippen molar-refractivity contribution in [1.82, 2.24) is 0 Å². The first-order valence-corrected chi connectivity index (χ1v) is 6.65. The van der Waals surface area contributed by atoms with Crippen molar-refractivity contribution in [2.45, 2.75) is 37.8 Å². The molecular weight excluding hydrogens is 230 g/mol. The number of fused-ring (bicyclic) bond motifs is 1. The molecule has 1 saturated carbocycles. The van der Waals surface area contributed by atoms with Crippen LogP contribution in [0.3, 0.4) is 0 Å². The van der Waals surface area contributed by atoms with Crippen molar-refractivity contribution in [3.8, 4) is 11.5 Å². The molecule has 0 saturated heterocycles. The number of nitrogens with one attached hydrogen (secondary N) is 1. The Hall–Kier alpha value is -1.42. The van der Waals surface area contributed by atoms with Crippen LogP contribution in [0.5, 0.6) is 11.5 Å². The SMILES string of the molecule is OC1CCC(Nc2ccc3c(c2)OCCO3)CC1. The van der Waals surface area contributed by atoms with Crippen molar-refractivity contribution >= 4 is 5.69 Å². The van der Waals surface area contributed by atoms with E-state index >= 15 is 0 Å². The maximum absolute atomic E-state index is 9.49. The summed E-state index contributed by atoms with van der Waals surface area (Å²) in [5.74, 6) is 1.65. The van der Waals surface area contributed by atoms with Crippen molar-refractivity contribution < 1.29 is 14.6 Å². The van der Waals surface area contributed by atoms with Crippen LogP contribution in [0, 0.1) is 0 Å². The zero-order valence-electron chi connectivity index (χ0n) is 10.4. The molecule has 98 valence electrons. The van der Waals surface area contributed by atoms with Crippen LogP contribution in [0.15, 0.2) is 18.2 Å². The first kappa shape index (κ1) is 11.7. The minimum Gasteiger partial charge on any atom is -0.486 e. The van der Waals surface area contributed by atoms with E-state index < -0.39 is 0 Å². The molecule has 1 aromatic carbocycles. The predicted octanol–water partition coefficient (Wildman–Crippen LogP) is 2.17. The maximum atomic E-state index is 9.49. The van der Waals surface area contributed by atoms with Crippen LogP contribution >= 0.6 is 0 Å². The first-order valence-electron chi connectivity index (χ1n) is 6.65. The van der Waals surface area contributed by atoms with Gasteiger partial charge >= 0.3 is 0 Å². The van der Waals surface area contributed by atoms with E-state index in [1.165, 1.54) is 0 Å². The lowest BCUT2D eigenvalue weighted by Crippen LogP contribution is -2.28. The predicted molar refractivity (Wildman–Crippen MR) is 69.3 cm³/mol. The van der Waals surface area contributed by atoms with E-state index in [-0.39, 0.29) is 6.10 Å². The van der Waals surface area contributed by atoms with Gasteiger partial charge in [-0.1, -0.05) is 0 Å². The van der Waals surface area contributed by atoms with E-state index in [0.717, 1.165) is 42.9 Å². The smallest absolute Gasteiger partial charge is 0.163 e. The van der Waals surface area contributed by atoms with Crippen molar-refractivity contribution in [3.05, 3.63) is 18.2 Å². The number of ether oxygens (including phenoxy) is 2. The summed E-state index contributed by atoms with van der Waals surface area (Å²) in [5, 5.41) is 13.0. The Labute approximate surface area is 107 Å². The zero-order chi connectivity index (χ0) is 12.4. The van der Waals surface area contributed by atoms with Crippen molar-refractivity contribution in [3.63, 3.8) is 0 Å². The summed E-state index contributed by atoms with van der Waals surface area (Å²) in [6.45, 7) is 1.24. The van der Waals surface area contributed by atoms with Gasteiger partial charge in [-0.05, 0) is 37.8 Å². The van der Waals surface area contributed by atoms with Crippen LogP contribution < -0.4 is 14.8 Å². The molecule has 2 N–H and O–H groups in total. The maximum Gasteiger partial charge on any atom is 0.163 e. The lowest BCUT2D eigenvalue weighted by molar-refractivity contribution is 0.126. The Bertz CT molecular complexity index is 414. The Morgan fingerprint density at radius 2 is 1.72 bits per heavy atom. The van der Waals surface area contributed by atoms with E-state index in [4.69, 9.17) is 9.47 Å². The molecule has 1 aromatic rings. The van der Waals surface area contributed by atoms with E-state index in [0.29, 0.717) is 19.3 Å². The van der Waals surface area contributed by atoms with Crippen molar-refractivity contribution in [2.75, 3.05) is 18.5 Å². The summed E-state index contributed by atoms with van der Waals surface area (Å²) < 4.78 is 11.1. The second kappa shape index (κ2) is 5.06. The van der Waals surface area contributed by atoms with Gasteiger partial charge in [0.1, 0.15) is 13.2 Å². The Morgan fingerprint density at radius 3 is 2.50 bits per heavy atom. The molecule has 18 heavy (non-hydrogen) atoms. The van der Waals surface area contributed by atoms with Crippen LogP contribution in [-0.4, -0.2) is 30.5 Å². The molecule has 1 aliphatic carbocycles. The van der Waals surface area contributed by atoms with Gasteiger partial charge in [-0.25, -0.2) is 0 Å². The molecule has 0 atom stereocenters. The largest absolute Gasteiger partial charge is 0.486 e. The first-order chi connectivity index (χ1) is 8.81. The summed E-state index contributed by atoms with van der Waals surface area (Å²) in [6.07, 6.45) is 3.72. The van der Waals surface area contributed by atoms with Crippen LogP contribution in [0.1, 0.15) is 25.7 Å². The average Bonchev–Trinajstić information content (AvgIpc) is 2.41. The minimum absolute atomic E-state index is 0.108. The molecule has 0 radical (unpaired) electrons. The fourth-order valence-electron chi connectivity index (χ4n) is 2.59. The topological polar surface area (TPSA) is 50.7 Å². The van der Waals surface area contributed by atoms with Crippen LogP contribution in [0.2, 0.25) is 0 Å². The lowest BCUT2D eigenvalue weighted by atomic mass is 9.93. The third-order valence-electron chi connectivity index (χ3n) is 3.61. The second-order valence-electron chi connectivity index (χ2n) is 5.01. The average molecular weight is 249 g/mol. The molecule has 4 heteroatoms. The van der Waals surface area contributed by atoms with Crippen LogP contribution in [-0.2, 0) is 0 Å². The lowest BCUT2D eigenvalue weighted by Gasteiger charge is -2.27. The molecular formula is C14H19NO3. The molecule has 1 fully saturated rings. The molecule has 1 aliphatic heterocycles. The number of hydrogen-bond acceptors (Lipinski definition) is 4. The highest BCUT2D eigenvalue weighted by atomic mass is 16.6. The van der Waals surface area contributed by atoms with Crippen LogP contribution in [0.25, 0.3) is 0 Å². The number of aliphatic hydroxyl groups is 1. The monoisotopic (exact) mass is 249 g/mol. The molecule has 3 rings (SSSR count). The van der Waals surface area contributed by atoms with E-state index in [2.05, 4.69) is 5.32 Å². The molecule has 1 heterocycles. The highest BCUT2D eigenvalue weighted by Gasteiger charge is 2.19. The molecule has 0 spiro atoms. The molecule has 4 nitrogen and oxygen atoms in total. The van der Waals surface area contributed by atoms with Gasteiger partial charge in [0, 0.05) is 17.8 Å². The quantitative estimate of drug-likeness (QED) is 0.843. The minimum atomic E-state index is -0.108. The number of aliphatic hydroxyl groups excluding tert-OH is 1. The van der Waals surface area contributed by atoms with Gasteiger partial charge in [-0.15, -0.1) is 0 Å². The summed E-state index contributed by atoms with van der Waals surface area (Å²) >= 11 is 0. The normalized spacial score (nSPS) is 26.7. The summed E-state index contributed by atoms with van der Waals surface area (Å²) in [4.78, 5) is 0. The van der Waals surface area contributed by atoms with Gasteiger partial charge in [0.25, 0.3) is 0 Å². The van der Waals surface area contributed by atoms with Crippen molar-refractivity contribution in [2.24, 2.45) is 0 Å². The summed E-state index contributed by atoms with van der Waals surface area (Å²) in [5.41, 5.74) is 1.07. The van der Waals surface area contributed by atoms with E-state index in [1.54, 1.807) is 0 Å². The molecule has 0 bridgehead atoms. The second-order valence-corrected chi connectivity index (χ2v) is 5.01. The number of anilines is 1. The molecule has 0 unspecified atom stereocenters. The summed E-state index contributed by atoms with van der Waals surface area (Å²) in [7, 11) is 0. The van der Waals surface area contributed by atoms with Gasteiger partial charge in [-0.2, -0.15) is 0 Å². The van der Waals surface area contributed by atoms with Crippen LogP contribution in [0.4, 0.5) is 5.69 Å². The highest BCUT2D eigenvalue weighted by Crippen LogP contribution is 2.33. The van der Waals surface area contributed by atoms with Gasteiger partial charge in [-0.3, -0.25) is 0 Å². The van der Waals surface area contributed by atoms with Gasteiger partial charge in [0.15, 0.2) is 11.5 Å². The number of benzene rings is 1. The highest BCUT2D eigenvalue weighted by molar-refractivity contribution is 5.55. The third kappa shape index (κ3) is 2.53. The number of hydrogen-bond donors (Lipinski definition) is 2. The van der Waals surface area contributed by atoms with Gasteiger partial charge in [0.2, 0.25) is 0 Å².